The summed E-state index contributed by atoms with van der Waals surface area (Å²) >= 11 is 0. The molecule has 1 aliphatic rings. The highest BCUT2D eigenvalue weighted by Crippen LogP contribution is 2.33. The van der Waals surface area contributed by atoms with Gasteiger partial charge in [-0.25, -0.2) is 14.4 Å². The zero-order chi connectivity index (χ0) is 22.4. The Kier molecular flexibility index (Phi) is 5.33. The Bertz CT molecular complexity index is 1260. The Balaban J connectivity index is 1.44. The molecule has 4 heterocycles. The summed E-state index contributed by atoms with van der Waals surface area (Å²) in [6.45, 7) is 9.24. The second-order valence-corrected chi connectivity index (χ2v) is 9.23. The van der Waals surface area contributed by atoms with Gasteiger partial charge in [-0.2, -0.15) is 4.98 Å². The monoisotopic (exact) mass is 435 g/mol. The minimum Gasteiger partial charge on any atom is -0.354 e. The summed E-state index contributed by atoms with van der Waals surface area (Å²) in [5.41, 5.74) is 3.64. The SMILES string of the molecule is Cc1nc2c(F)cc(-c3c[nH]c4nc(NCC5CCN(C)CC5)ncc34)cc2n1C(C)C. The van der Waals surface area contributed by atoms with E-state index >= 15 is 0 Å². The number of nitrogens with one attached hydrogen (secondary N) is 2. The standard InChI is InChI=1S/C24H30FN7/c1-14(2)32-15(3)29-22-20(25)9-17(10-21(22)32)18-12-26-23-19(18)13-28-24(30-23)27-11-16-5-7-31(4)8-6-16/h9-10,12-14,16H,5-8,11H2,1-4H3,(H2,26,27,28,30). The van der Waals surface area contributed by atoms with Crippen LogP contribution in [0.3, 0.4) is 0 Å². The van der Waals surface area contributed by atoms with Crippen molar-refractivity contribution in [2.75, 3.05) is 32.0 Å². The molecular formula is C24H30FN7. The first-order valence-electron chi connectivity index (χ1n) is 11.4. The van der Waals surface area contributed by atoms with E-state index in [0.29, 0.717) is 17.4 Å². The van der Waals surface area contributed by atoms with Gasteiger partial charge >= 0.3 is 0 Å². The molecule has 1 aromatic carbocycles. The molecule has 7 nitrogen and oxygen atoms in total. The topological polar surface area (TPSA) is 74.7 Å². The second kappa shape index (κ2) is 8.16. The van der Waals surface area contributed by atoms with E-state index in [0.717, 1.165) is 53.1 Å². The first-order chi connectivity index (χ1) is 15.4. The van der Waals surface area contributed by atoms with E-state index in [2.05, 4.69) is 55.6 Å². The maximum Gasteiger partial charge on any atom is 0.224 e. The molecule has 3 aromatic heterocycles. The quantitative estimate of drug-likeness (QED) is 0.473. The molecule has 4 aromatic rings. The number of piperidine rings is 1. The number of aromatic nitrogens is 5. The molecule has 168 valence electrons. The Morgan fingerprint density at radius 2 is 2.00 bits per heavy atom. The predicted octanol–water partition coefficient (Wildman–Crippen LogP) is 4.76. The van der Waals surface area contributed by atoms with Crippen LogP contribution in [0.5, 0.6) is 0 Å². The number of fused-ring (bicyclic) bond motifs is 2. The molecule has 5 rings (SSSR count). The fourth-order valence-electron chi connectivity index (χ4n) is 4.81. The molecular weight excluding hydrogens is 405 g/mol. The molecule has 0 spiro atoms. The van der Waals surface area contributed by atoms with Gasteiger partial charge in [0.2, 0.25) is 5.95 Å². The molecule has 1 aliphatic heterocycles. The number of halogens is 1. The zero-order valence-electron chi connectivity index (χ0n) is 19.1. The third-order valence-electron chi connectivity index (χ3n) is 6.57. The lowest BCUT2D eigenvalue weighted by atomic mass is 9.97. The Morgan fingerprint density at radius 1 is 1.22 bits per heavy atom. The minimum absolute atomic E-state index is 0.194. The lowest BCUT2D eigenvalue weighted by Crippen LogP contribution is -2.33. The van der Waals surface area contributed by atoms with Crippen LogP contribution >= 0.6 is 0 Å². The number of aryl methyl sites for hydroxylation is 1. The van der Waals surface area contributed by atoms with Gasteiger partial charge < -0.3 is 19.8 Å². The molecule has 8 heteroatoms. The summed E-state index contributed by atoms with van der Waals surface area (Å²) in [4.78, 5) is 19.2. The smallest absolute Gasteiger partial charge is 0.224 e. The summed E-state index contributed by atoms with van der Waals surface area (Å²) in [6, 6.07) is 3.75. The summed E-state index contributed by atoms with van der Waals surface area (Å²) < 4.78 is 17.0. The van der Waals surface area contributed by atoms with E-state index in [1.54, 1.807) is 6.07 Å². The molecule has 2 N–H and O–H groups in total. The highest BCUT2D eigenvalue weighted by atomic mass is 19.1. The summed E-state index contributed by atoms with van der Waals surface area (Å²) in [7, 11) is 2.17. The van der Waals surface area contributed by atoms with Crippen molar-refractivity contribution in [2.45, 2.75) is 39.7 Å². The summed E-state index contributed by atoms with van der Waals surface area (Å²) in [6.07, 6.45) is 6.08. The van der Waals surface area contributed by atoms with Crippen LogP contribution in [-0.2, 0) is 0 Å². The number of hydrogen-bond acceptors (Lipinski definition) is 5. The van der Waals surface area contributed by atoms with E-state index in [1.165, 1.54) is 12.8 Å². The number of nitrogens with zero attached hydrogens (tertiary/aromatic N) is 5. The Labute approximate surface area is 187 Å². The average Bonchev–Trinajstić information content (AvgIpc) is 3.33. The first-order valence-corrected chi connectivity index (χ1v) is 11.4. The Morgan fingerprint density at radius 3 is 2.75 bits per heavy atom. The van der Waals surface area contributed by atoms with Crippen LogP contribution in [0.1, 0.15) is 38.6 Å². The van der Waals surface area contributed by atoms with Crippen LogP contribution in [0.2, 0.25) is 0 Å². The fraction of sp³-hybridized carbons (Fsp3) is 0.458. The van der Waals surface area contributed by atoms with Crippen LogP contribution in [0.4, 0.5) is 10.3 Å². The normalized spacial score (nSPS) is 15.9. The van der Waals surface area contributed by atoms with E-state index in [4.69, 9.17) is 0 Å². The number of H-pyrrole nitrogens is 1. The maximum absolute atomic E-state index is 14.9. The molecule has 0 unspecified atom stereocenters. The molecule has 0 atom stereocenters. The van der Waals surface area contributed by atoms with Gasteiger partial charge in [0.25, 0.3) is 0 Å². The number of rotatable bonds is 5. The van der Waals surface area contributed by atoms with Gasteiger partial charge in [0.1, 0.15) is 17.0 Å². The number of benzene rings is 1. The molecule has 0 saturated carbocycles. The summed E-state index contributed by atoms with van der Waals surface area (Å²) in [5, 5.41) is 4.27. The number of hydrogen-bond donors (Lipinski definition) is 2. The van der Waals surface area contributed by atoms with Crippen LogP contribution in [0, 0.1) is 18.7 Å². The van der Waals surface area contributed by atoms with E-state index < -0.39 is 0 Å². The van der Waals surface area contributed by atoms with Gasteiger partial charge in [-0.3, -0.25) is 0 Å². The second-order valence-electron chi connectivity index (χ2n) is 9.23. The number of likely N-dealkylation sites (tertiary alicyclic amines) is 1. The average molecular weight is 436 g/mol. The van der Waals surface area contributed by atoms with E-state index in [9.17, 15) is 4.39 Å². The van der Waals surface area contributed by atoms with Crippen molar-refractivity contribution < 1.29 is 4.39 Å². The van der Waals surface area contributed by atoms with E-state index in [1.807, 2.05) is 25.4 Å². The molecule has 32 heavy (non-hydrogen) atoms. The van der Waals surface area contributed by atoms with Crippen LogP contribution in [0.15, 0.2) is 24.5 Å². The van der Waals surface area contributed by atoms with Gasteiger partial charge in [0.05, 0.1) is 5.52 Å². The van der Waals surface area contributed by atoms with Crippen molar-refractivity contribution in [1.29, 1.82) is 0 Å². The molecule has 0 bridgehead atoms. The third kappa shape index (κ3) is 3.72. The van der Waals surface area contributed by atoms with Gasteiger partial charge in [0, 0.05) is 35.9 Å². The van der Waals surface area contributed by atoms with Crippen LogP contribution in [0.25, 0.3) is 33.2 Å². The molecule has 1 saturated heterocycles. The Hall–Kier alpha value is -3.00. The molecule has 0 radical (unpaired) electrons. The first kappa shape index (κ1) is 20.9. The highest BCUT2D eigenvalue weighted by molar-refractivity contribution is 5.96. The highest BCUT2D eigenvalue weighted by Gasteiger charge is 2.19. The van der Waals surface area contributed by atoms with Crippen LogP contribution < -0.4 is 5.32 Å². The summed E-state index contributed by atoms with van der Waals surface area (Å²) in [5.74, 6) is 1.77. The minimum atomic E-state index is -0.313. The largest absolute Gasteiger partial charge is 0.354 e. The van der Waals surface area contributed by atoms with Crippen molar-refractivity contribution in [3.63, 3.8) is 0 Å². The van der Waals surface area contributed by atoms with Gasteiger partial charge in [-0.05, 0) is 77.4 Å². The number of anilines is 1. The zero-order valence-corrected chi connectivity index (χ0v) is 19.1. The predicted molar refractivity (Wildman–Crippen MR) is 126 cm³/mol. The maximum atomic E-state index is 14.9. The van der Waals surface area contributed by atoms with E-state index in [-0.39, 0.29) is 11.9 Å². The third-order valence-corrected chi connectivity index (χ3v) is 6.57. The lowest BCUT2D eigenvalue weighted by molar-refractivity contribution is 0.226. The van der Waals surface area contributed by atoms with Crippen molar-refractivity contribution in [3.05, 3.63) is 36.2 Å². The van der Waals surface area contributed by atoms with Crippen molar-refractivity contribution >= 4 is 28.0 Å². The van der Waals surface area contributed by atoms with Crippen molar-refractivity contribution in [2.24, 2.45) is 5.92 Å². The van der Waals surface area contributed by atoms with Gasteiger partial charge in [-0.1, -0.05) is 0 Å². The van der Waals surface area contributed by atoms with Crippen LogP contribution in [-0.4, -0.2) is 56.1 Å². The van der Waals surface area contributed by atoms with Crippen molar-refractivity contribution in [3.8, 4) is 11.1 Å². The lowest BCUT2D eigenvalue weighted by Gasteiger charge is -2.28. The van der Waals surface area contributed by atoms with Gasteiger partial charge in [0.15, 0.2) is 5.82 Å². The number of aromatic amines is 1. The van der Waals surface area contributed by atoms with Gasteiger partial charge in [-0.15, -0.1) is 0 Å². The van der Waals surface area contributed by atoms with Crippen molar-refractivity contribution in [1.82, 2.24) is 29.4 Å². The molecule has 1 fully saturated rings. The fourth-order valence-corrected chi connectivity index (χ4v) is 4.81. The number of imidazole rings is 1. The molecule has 0 amide bonds. The molecule has 0 aliphatic carbocycles.